The van der Waals surface area contributed by atoms with Crippen LogP contribution in [0.5, 0.6) is 0 Å². The Hall–Kier alpha value is -4.46. The zero-order valence-electron chi connectivity index (χ0n) is 20.6. The Labute approximate surface area is 209 Å². The Morgan fingerprint density at radius 2 is 1.53 bits per heavy atom. The van der Waals surface area contributed by atoms with E-state index in [9.17, 15) is 14.7 Å². The van der Waals surface area contributed by atoms with Gasteiger partial charge in [-0.25, -0.2) is 4.79 Å². The molecule has 0 aliphatic heterocycles. The summed E-state index contributed by atoms with van der Waals surface area (Å²) in [7, 11) is 0. The molecule has 0 spiro atoms. The Kier molecular flexibility index (Phi) is 6.87. The number of benzene rings is 3. The van der Waals surface area contributed by atoms with Crippen LogP contribution in [0.15, 0.2) is 78.9 Å². The van der Waals surface area contributed by atoms with E-state index in [1.807, 2.05) is 85.8 Å². The molecule has 4 aromatic rings. The molecular weight excluding hydrogens is 456 g/mol. The van der Waals surface area contributed by atoms with Crippen LogP contribution in [0.1, 0.15) is 43.7 Å². The molecule has 1 unspecified atom stereocenters. The summed E-state index contributed by atoms with van der Waals surface area (Å²) in [5, 5.41) is 20.5. The lowest BCUT2D eigenvalue weighted by Crippen LogP contribution is -2.28. The number of aryl methyl sites for hydroxylation is 1. The highest BCUT2D eigenvalue weighted by atomic mass is 16.6. The van der Waals surface area contributed by atoms with Gasteiger partial charge >= 0.3 is 12.1 Å². The largest absolute Gasteiger partial charge is 0.481 e. The van der Waals surface area contributed by atoms with Crippen LogP contribution in [0, 0.1) is 6.92 Å². The first kappa shape index (κ1) is 24.7. The van der Waals surface area contributed by atoms with Crippen molar-refractivity contribution in [3.05, 3.63) is 95.7 Å². The molecule has 1 aromatic heterocycles. The molecule has 0 bridgehead atoms. The minimum absolute atomic E-state index is 0.414. The van der Waals surface area contributed by atoms with Gasteiger partial charge in [0, 0.05) is 0 Å². The Balaban J connectivity index is 1.50. The average molecular weight is 485 g/mol. The molecule has 36 heavy (non-hydrogen) atoms. The number of carbonyl (C=O) groups is 2. The predicted molar refractivity (Wildman–Crippen MR) is 137 cm³/mol. The van der Waals surface area contributed by atoms with Crippen LogP contribution in [0.2, 0.25) is 0 Å². The highest BCUT2D eigenvalue weighted by molar-refractivity contribution is 5.84. The Morgan fingerprint density at radius 3 is 2.11 bits per heavy atom. The van der Waals surface area contributed by atoms with Crippen molar-refractivity contribution in [1.82, 2.24) is 15.0 Å². The second kappa shape index (κ2) is 10.0. The number of nitrogens with one attached hydrogen (secondary N) is 1. The van der Waals surface area contributed by atoms with Crippen molar-refractivity contribution in [2.75, 3.05) is 5.32 Å². The van der Waals surface area contributed by atoms with Gasteiger partial charge in [0.15, 0.2) is 5.82 Å². The number of rotatable bonds is 7. The van der Waals surface area contributed by atoms with Crippen molar-refractivity contribution in [1.29, 1.82) is 0 Å². The van der Waals surface area contributed by atoms with Gasteiger partial charge in [-0.2, -0.15) is 4.68 Å². The average Bonchev–Trinajstić information content (AvgIpc) is 3.24. The number of amides is 1. The summed E-state index contributed by atoms with van der Waals surface area (Å²) >= 11 is 0. The standard InChI is InChI=1S/C28H28N4O4/c1-18-25(29-27(35)36-19(2)20-8-6-5-7-9-20)32(31-30-18)24-16-12-22(13-17-24)21-10-14-23(15-11-21)28(3,4)26(33)34/h5-17,19H,1-4H3,(H,29,35)(H,33,34). The van der Waals surface area contributed by atoms with Gasteiger partial charge in [-0.3, -0.25) is 10.1 Å². The van der Waals surface area contributed by atoms with Crippen molar-refractivity contribution in [2.45, 2.75) is 39.2 Å². The lowest BCUT2D eigenvalue weighted by Gasteiger charge is -2.19. The molecule has 0 fully saturated rings. The number of nitrogens with zero attached hydrogens (tertiary/aromatic N) is 3. The molecule has 1 atom stereocenters. The fourth-order valence-electron chi connectivity index (χ4n) is 3.76. The molecule has 0 saturated heterocycles. The zero-order chi connectivity index (χ0) is 25.9. The summed E-state index contributed by atoms with van der Waals surface area (Å²) in [5.74, 6) is -0.446. The number of aliphatic carboxylic acids is 1. The van der Waals surface area contributed by atoms with E-state index in [-0.39, 0.29) is 0 Å². The second-order valence-corrected chi connectivity index (χ2v) is 9.07. The molecule has 0 saturated carbocycles. The third-order valence-electron chi connectivity index (χ3n) is 6.20. The number of aromatic nitrogens is 3. The third-order valence-corrected chi connectivity index (χ3v) is 6.20. The first-order valence-corrected chi connectivity index (χ1v) is 11.6. The molecule has 0 aliphatic rings. The molecule has 8 heteroatoms. The van der Waals surface area contributed by atoms with Crippen LogP contribution < -0.4 is 5.32 Å². The summed E-state index contributed by atoms with van der Waals surface area (Å²) in [6.45, 7) is 6.94. The van der Waals surface area contributed by atoms with Gasteiger partial charge in [-0.05, 0) is 62.1 Å². The van der Waals surface area contributed by atoms with Gasteiger partial charge in [0.1, 0.15) is 11.8 Å². The van der Waals surface area contributed by atoms with Crippen molar-refractivity contribution < 1.29 is 19.4 Å². The summed E-state index contributed by atoms with van der Waals surface area (Å²) in [5.41, 5.74) is 3.86. The second-order valence-electron chi connectivity index (χ2n) is 9.07. The smallest absolute Gasteiger partial charge is 0.413 e. The topological polar surface area (TPSA) is 106 Å². The molecule has 0 aliphatic carbocycles. The minimum atomic E-state index is -0.962. The molecule has 8 nitrogen and oxygen atoms in total. The maximum absolute atomic E-state index is 12.6. The summed E-state index contributed by atoms with van der Waals surface area (Å²) in [4.78, 5) is 24.1. The number of carboxylic acid groups (broad SMARTS) is 1. The van der Waals surface area contributed by atoms with Crippen molar-refractivity contribution >= 4 is 17.9 Å². The summed E-state index contributed by atoms with van der Waals surface area (Å²) < 4.78 is 7.07. The van der Waals surface area contributed by atoms with E-state index >= 15 is 0 Å². The van der Waals surface area contributed by atoms with Crippen LogP contribution in [0.25, 0.3) is 16.8 Å². The quantitative estimate of drug-likeness (QED) is 0.337. The monoisotopic (exact) mass is 484 g/mol. The number of anilines is 1. The molecule has 3 aromatic carbocycles. The van der Waals surface area contributed by atoms with Crippen molar-refractivity contribution in [2.24, 2.45) is 0 Å². The first-order valence-electron chi connectivity index (χ1n) is 11.6. The number of carboxylic acids is 1. The number of carbonyl (C=O) groups excluding carboxylic acids is 1. The number of hydrogen-bond donors (Lipinski definition) is 2. The summed E-state index contributed by atoms with van der Waals surface area (Å²) in [6.07, 6.45) is -1.01. The molecule has 4 rings (SSSR count). The van der Waals surface area contributed by atoms with Gasteiger partial charge in [-0.1, -0.05) is 71.9 Å². The highest BCUT2D eigenvalue weighted by Crippen LogP contribution is 2.28. The molecule has 0 radical (unpaired) electrons. The van der Waals surface area contributed by atoms with Crippen molar-refractivity contribution in [3.63, 3.8) is 0 Å². The van der Waals surface area contributed by atoms with Crippen molar-refractivity contribution in [3.8, 4) is 16.8 Å². The summed E-state index contributed by atoms with van der Waals surface area (Å²) in [6, 6.07) is 24.6. The minimum Gasteiger partial charge on any atom is -0.481 e. The maximum Gasteiger partial charge on any atom is 0.413 e. The van der Waals surface area contributed by atoms with E-state index in [1.165, 1.54) is 0 Å². The molecule has 1 amide bonds. The molecule has 1 heterocycles. The Bertz CT molecular complexity index is 1360. The molecular formula is C28H28N4O4. The number of hydrogen-bond acceptors (Lipinski definition) is 5. The Morgan fingerprint density at radius 1 is 0.944 bits per heavy atom. The van der Waals surface area contributed by atoms with E-state index in [4.69, 9.17) is 4.74 Å². The van der Waals surface area contributed by atoms with Crippen LogP contribution in [0.4, 0.5) is 10.6 Å². The normalized spacial score (nSPS) is 12.1. The third kappa shape index (κ3) is 5.12. The van der Waals surface area contributed by atoms with E-state index < -0.39 is 23.6 Å². The van der Waals surface area contributed by atoms with Crippen LogP contribution in [-0.2, 0) is 14.9 Å². The van der Waals surface area contributed by atoms with E-state index in [0.717, 1.165) is 27.9 Å². The molecule has 184 valence electrons. The molecule has 2 N–H and O–H groups in total. The van der Waals surface area contributed by atoms with E-state index in [2.05, 4.69) is 15.6 Å². The van der Waals surface area contributed by atoms with Gasteiger partial charge in [0.05, 0.1) is 11.1 Å². The number of ether oxygens (including phenoxy) is 1. The lowest BCUT2D eigenvalue weighted by atomic mass is 9.84. The maximum atomic E-state index is 12.6. The van der Waals surface area contributed by atoms with Crippen LogP contribution >= 0.6 is 0 Å². The van der Waals surface area contributed by atoms with Gasteiger partial charge < -0.3 is 9.84 Å². The fourth-order valence-corrected chi connectivity index (χ4v) is 3.76. The van der Waals surface area contributed by atoms with E-state index in [1.54, 1.807) is 25.5 Å². The van der Waals surface area contributed by atoms with E-state index in [0.29, 0.717) is 11.5 Å². The van der Waals surface area contributed by atoms with Gasteiger partial charge in [-0.15, -0.1) is 5.10 Å². The predicted octanol–water partition coefficient (Wildman–Crippen LogP) is 5.91. The zero-order valence-corrected chi connectivity index (χ0v) is 20.6. The highest BCUT2D eigenvalue weighted by Gasteiger charge is 2.29. The van der Waals surface area contributed by atoms with Crippen LogP contribution in [-0.4, -0.2) is 32.2 Å². The first-order chi connectivity index (χ1) is 17.2. The van der Waals surface area contributed by atoms with Gasteiger partial charge in [0.2, 0.25) is 0 Å². The van der Waals surface area contributed by atoms with Crippen LogP contribution in [0.3, 0.4) is 0 Å². The fraction of sp³-hybridized carbons (Fsp3) is 0.214. The SMILES string of the molecule is Cc1nnn(-c2ccc(-c3ccc(C(C)(C)C(=O)O)cc3)cc2)c1NC(=O)OC(C)c1ccccc1. The van der Waals surface area contributed by atoms with Gasteiger partial charge in [0.25, 0.3) is 0 Å². The lowest BCUT2D eigenvalue weighted by molar-refractivity contribution is -0.142.